The average Bonchev–Trinajstić information content (AvgIpc) is 3.00. The maximum atomic E-state index is 12.6. The van der Waals surface area contributed by atoms with Crippen molar-refractivity contribution in [2.24, 2.45) is 0 Å². The van der Waals surface area contributed by atoms with Gasteiger partial charge in [-0.2, -0.15) is 8.78 Å². The molecule has 1 heterocycles. The highest BCUT2D eigenvalue weighted by molar-refractivity contribution is 7.13. The number of amides is 1. The minimum atomic E-state index is -4.69. The lowest BCUT2D eigenvalue weighted by Crippen LogP contribution is -2.40. The van der Waals surface area contributed by atoms with Gasteiger partial charge in [-0.1, -0.05) is 0 Å². The molecular weight excluding hydrogens is 260 g/mol. The number of carbonyl (C=O) groups excluding carboxylic acids is 1. The lowest BCUT2D eigenvalue weighted by molar-refractivity contribution is -0.163. The van der Waals surface area contributed by atoms with Crippen LogP contribution < -0.4 is 5.32 Å². The van der Waals surface area contributed by atoms with E-state index in [9.17, 15) is 22.4 Å². The number of thiazole rings is 1. The fraction of sp³-hybridized carbons (Fsp3) is 0.556. The summed E-state index contributed by atoms with van der Waals surface area (Å²) in [5.74, 6) is -6.40. The smallest absolute Gasteiger partial charge is 0.296 e. The number of aromatic nitrogens is 1. The first-order chi connectivity index (χ1) is 7.91. The maximum Gasteiger partial charge on any atom is 0.383 e. The standard InChI is InChI=1S/C9H8F4N2OS/c10-6(11)9(12,13)7(16)15-8-14-5(3-17-8)4-1-2-4/h3-4,6H,1-2H2,(H,14,15,16). The van der Waals surface area contributed by atoms with Crippen LogP contribution in [0.4, 0.5) is 22.7 Å². The van der Waals surface area contributed by atoms with Gasteiger partial charge in [0, 0.05) is 11.3 Å². The van der Waals surface area contributed by atoms with Gasteiger partial charge in [-0.05, 0) is 12.8 Å². The van der Waals surface area contributed by atoms with Gasteiger partial charge in [0.25, 0.3) is 0 Å². The first-order valence-electron chi connectivity index (χ1n) is 4.84. The molecule has 1 aliphatic rings. The zero-order chi connectivity index (χ0) is 12.6. The van der Waals surface area contributed by atoms with E-state index in [0.717, 1.165) is 24.2 Å². The summed E-state index contributed by atoms with van der Waals surface area (Å²) in [5, 5.41) is 3.27. The number of rotatable bonds is 4. The molecule has 94 valence electrons. The molecule has 1 N–H and O–H groups in total. The Labute approximate surface area is 97.8 Å². The predicted molar refractivity (Wildman–Crippen MR) is 53.7 cm³/mol. The number of alkyl halides is 4. The number of nitrogens with zero attached hydrogens (tertiary/aromatic N) is 1. The topological polar surface area (TPSA) is 42.0 Å². The van der Waals surface area contributed by atoms with E-state index in [4.69, 9.17) is 0 Å². The average molecular weight is 268 g/mol. The van der Waals surface area contributed by atoms with E-state index in [1.807, 2.05) is 0 Å². The van der Waals surface area contributed by atoms with Crippen LogP contribution >= 0.6 is 11.3 Å². The summed E-state index contributed by atoms with van der Waals surface area (Å²) in [6.45, 7) is 0. The Morgan fingerprint density at radius 3 is 2.71 bits per heavy atom. The van der Waals surface area contributed by atoms with Crippen molar-refractivity contribution in [1.29, 1.82) is 0 Å². The third-order valence-corrected chi connectivity index (χ3v) is 3.09. The van der Waals surface area contributed by atoms with Crippen molar-refractivity contribution in [3.8, 4) is 0 Å². The van der Waals surface area contributed by atoms with Gasteiger partial charge < -0.3 is 0 Å². The summed E-state index contributed by atoms with van der Waals surface area (Å²) in [4.78, 5) is 14.8. The summed E-state index contributed by atoms with van der Waals surface area (Å²) in [5.41, 5.74) is 0.714. The molecule has 1 aromatic rings. The summed E-state index contributed by atoms with van der Waals surface area (Å²) < 4.78 is 49.0. The van der Waals surface area contributed by atoms with Crippen LogP contribution in [0.3, 0.4) is 0 Å². The second-order valence-electron chi connectivity index (χ2n) is 3.73. The Balaban J connectivity index is 2.02. The van der Waals surface area contributed by atoms with E-state index in [0.29, 0.717) is 11.6 Å². The Morgan fingerprint density at radius 2 is 2.18 bits per heavy atom. The summed E-state index contributed by atoms with van der Waals surface area (Å²) in [7, 11) is 0. The quantitative estimate of drug-likeness (QED) is 0.853. The molecule has 3 nitrogen and oxygen atoms in total. The molecule has 17 heavy (non-hydrogen) atoms. The highest BCUT2D eigenvalue weighted by Crippen LogP contribution is 2.41. The van der Waals surface area contributed by atoms with Crippen molar-refractivity contribution in [3.63, 3.8) is 0 Å². The third kappa shape index (κ3) is 2.56. The van der Waals surface area contributed by atoms with Gasteiger partial charge >= 0.3 is 18.3 Å². The van der Waals surface area contributed by atoms with Crippen molar-refractivity contribution < 1.29 is 22.4 Å². The van der Waals surface area contributed by atoms with Crippen molar-refractivity contribution in [2.45, 2.75) is 31.1 Å². The van der Waals surface area contributed by atoms with Crippen molar-refractivity contribution >= 4 is 22.4 Å². The van der Waals surface area contributed by atoms with E-state index in [1.54, 1.807) is 10.7 Å². The van der Waals surface area contributed by atoms with E-state index in [2.05, 4.69) is 4.98 Å². The Bertz CT molecular complexity index is 430. The number of nitrogens with one attached hydrogen (secondary N) is 1. The van der Waals surface area contributed by atoms with Crippen LogP contribution in [0.25, 0.3) is 0 Å². The van der Waals surface area contributed by atoms with Gasteiger partial charge in [-0.15, -0.1) is 11.3 Å². The number of halogens is 4. The molecule has 0 atom stereocenters. The second kappa shape index (κ2) is 4.25. The highest BCUT2D eigenvalue weighted by atomic mass is 32.1. The van der Waals surface area contributed by atoms with Gasteiger partial charge in [0.05, 0.1) is 5.69 Å². The van der Waals surface area contributed by atoms with Crippen LogP contribution in [0.15, 0.2) is 5.38 Å². The zero-order valence-corrected chi connectivity index (χ0v) is 9.24. The normalized spacial score (nSPS) is 16.3. The molecular formula is C9H8F4N2OS. The Hall–Kier alpha value is -1.18. The van der Waals surface area contributed by atoms with E-state index in [1.165, 1.54) is 0 Å². The molecule has 0 saturated heterocycles. The monoisotopic (exact) mass is 268 g/mol. The summed E-state index contributed by atoms with van der Waals surface area (Å²) in [6.07, 6.45) is -2.07. The molecule has 2 rings (SSSR count). The third-order valence-electron chi connectivity index (χ3n) is 2.31. The van der Waals surface area contributed by atoms with Crippen LogP contribution in [0, 0.1) is 0 Å². The molecule has 1 saturated carbocycles. The van der Waals surface area contributed by atoms with Gasteiger partial charge in [0.15, 0.2) is 5.13 Å². The Kier molecular flexibility index (Phi) is 3.07. The molecule has 0 unspecified atom stereocenters. The largest absolute Gasteiger partial charge is 0.383 e. The fourth-order valence-corrected chi connectivity index (χ4v) is 1.98. The zero-order valence-electron chi connectivity index (χ0n) is 8.42. The molecule has 1 aliphatic carbocycles. The Morgan fingerprint density at radius 1 is 1.53 bits per heavy atom. The molecule has 0 bridgehead atoms. The lowest BCUT2D eigenvalue weighted by atomic mass is 10.3. The van der Waals surface area contributed by atoms with Crippen molar-refractivity contribution in [1.82, 2.24) is 4.98 Å². The van der Waals surface area contributed by atoms with E-state index < -0.39 is 18.3 Å². The molecule has 0 aliphatic heterocycles. The second-order valence-corrected chi connectivity index (χ2v) is 4.59. The fourth-order valence-electron chi connectivity index (χ4n) is 1.19. The molecule has 1 fully saturated rings. The first-order valence-corrected chi connectivity index (χ1v) is 5.72. The summed E-state index contributed by atoms with van der Waals surface area (Å²) >= 11 is 0.953. The van der Waals surface area contributed by atoms with Crippen LogP contribution in [0.2, 0.25) is 0 Å². The van der Waals surface area contributed by atoms with Crippen LogP contribution in [0.1, 0.15) is 24.5 Å². The summed E-state index contributed by atoms with van der Waals surface area (Å²) in [6, 6.07) is 0. The first kappa shape index (κ1) is 12.3. The lowest BCUT2D eigenvalue weighted by Gasteiger charge is -2.13. The van der Waals surface area contributed by atoms with Gasteiger partial charge in [-0.3, -0.25) is 10.1 Å². The SMILES string of the molecule is O=C(Nc1nc(C2CC2)cs1)C(F)(F)C(F)F. The minimum absolute atomic E-state index is 0.0720. The van der Waals surface area contributed by atoms with Gasteiger partial charge in [-0.25, -0.2) is 13.8 Å². The molecule has 1 aromatic heterocycles. The molecule has 0 aromatic carbocycles. The molecule has 0 spiro atoms. The maximum absolute atomic E-state index is 12.6. The highest BCUT2D eigenvalue weighted by Gasteiger charge is 2.49. The number of anilines is 1. The van der Waals surface area contributed by atoms with Crippen LogP contribution in [0.5, 0.6) is 0 Å². The van der Waals surface area contributed by atoms with E-state index in [-0.39, 0.29) is 5.13 Å². The van der Waals surface area contributed by atoms with Crippen LogP contribution in [-0.2, 0) is 4.79 Å². The molecule has 1 amide bonds. The van der Waals surface area contributed by atoms with Crippen molar-refractivity contribution in [2.75, 3.05) is 5.32 Å². The van der Waals surface area contributed by atoms with Crippen molar-refractivity contribution in [3.05, 3.63) is 11.1 Å². The molecule has 0 radical (unpaired) electrons. The van der Waals surface area contributed by atoms with Crippen LogP contribution in [-0.4, -0.2) is 23.2 Å². The van der Waals surface area contributed by atoms with E-state index >= 15 is 0 Å². The number of carbonyl (C=O) groups is 1. The number of hydrogen-bond donors (Lipinski definition) is 1. The van der Waals surface area contributed by atoms with Gasteiger partial charge in [0.1, 0.15) is 0 Å². The molecule has 8 heteroatoms. The minimum Gasteiger partial charge on any atom is -0.296 e. The van der Waals surface area contributed by atoms with Gasteiger partial charge in [0.2, 0.25) is 0 Å². The predicted octanol–water partition coefficient (Wildman–Crippen LogP) is 2.86. The number of hydrogen-bond acceptors (Lipinski definition) is 3.